The van der Waals surface area contributed by atoms with Crippen molar-refractivity contribution in [1.82, 2.24) is 10.2 Å². The average Bonchev–Trinajstić information content (AvgIpc) is 2.76. The maximum atomic E-state index is 12.0. The Kier molecular flexibility index (Phi) is 4.27. The standard InChI is InChI=1S/C12H21N3O2S/c1-2-11-8-12(14-13-11)15-18(16,17)9-10-6-4-3-5-7-10/h8,10H,2-7,9H2,1H3,(H2,13,14,15). The lowest BCUT2D eigenvalue weighted by Crippen LogP contribution is -2.24. The Bertz CT molecular complexity index is 475. The molecule has 5 nitrogen and oxygen atoms in total. The summed E-state index contributed by atoms with van der Waals surface area (Å²) in [5, 5.41) is 6.75. The third-order valence-corrected chi connectivity index (χ3v) is 4.88. The summed E-state index contributed by atoms with van der Waals surface area (Å²) in [6, 6.07) is 1.75. The molecule has 1 aromatic rings. The molecule has 2 rings (SSSR count). The Morgan fingerprint density at radius 1 is 1.39 bits per heavy atom. The van der Waals surface area contributed by atoms with E-state index in [1.807, 2.05) is 6.92 Å². The van der Waals surface area contributed by atoms with E-state index in [1.54, 1.807) is 6.07 Å². The zero-order chi connectivity index (χ0) is 13.0. The molecule has 1 fully saturated rings. The summed E-state index contributed by atoms with van der Waals surface area (Å²) in [5.41, 5.74) is 0.936. The molecule has 6 heteroatoms. The molecule has 2 N–H and O–H groups in total. The fraction of sp³-hybridized carbons (Fsp3) is 0.750. The van der Waals surface area contributed by atoms with Gasteiger partial charge in [-0.15, -0.1) is 0 Å². The lowest BCUT2D eigenvalue weighted by atomic mass is 9.91. The molecule has 1 aliphatic rings. The summed E-state index contributed by atoms with van der Waals surface area (Å²) >= 11 is 0. The molecule has 102 valence electrons. The van der Waals surface area contributed by atoms with Crippen LogP contribution in [-0.4, -0.2) is 24.4 Å². The second-order valence-electron chi connectivity index (χ2n) is 5.02. The van der Waals surface area contributed by atoms with Crippen LogP contribution in [0.1, 0.15) is 44.7 Å². The van der Waals surface area contributed by atoms with Crippen molar-refractivity contribution in [2.45, 2.75) is 45.4 Å². The van der Waals surface area contributed by atoms with Gasteiger partial charge in [0.15, 0.2) is 5.82 Å². The normalized spacial score (nSPS) is 17.8. The molecule has 0 radical (unpaired) electrons. The molecule has 1 aliphatic carbocycles. The molecular formula is C12H21N3O2S. The van der Waals surface area contributed by atoms with Gasteiger partial charge in [-0.2, -0.15) is 5.10 Å². The molecule has 0 saturated heterocycles. The number of hydrogen-bond donors (Lipinski definition) is 2. The number of hydrogen-bond acceptors (Lipinski definition) is 3. The molecular weight excluding hydrogens is 250 g/mol. The molecule has 1 heterocycles. The average molecular weight is 271 g/mol. The highest BCUT2D eigenvalue weighted by molar-refractivity contribution is 7.92. The minimum Gasteiger partial charge on any atom is -0.280 e. The van der Waals surface area contributed by atoms with Crippen molar-refractivity contribution < 1.29 is 8.42 Å². The van der Waals surface area contributed by atoms with Gasteiger partial charge >= 0.3 is 0 Å². The third kappa shape index (κ3) is 3.73. The third-order valence-electron chi connectivity index (χ3n) is 3.45. The molecule has 18 heavy (non-hydrogen) atoms. The molecule has 1 saturated carbocycles. The van der Waals surface area contributed by atoms with Gasteiger partial charge < -0.3 is 0 Å². The SMILES string of the molecule is CCc1cc(NS(=O)(=O)CC2CCCCC2)n[nH]1. The van der Waals surface area contributed by atoms with Gasteiger partial charge in [0, 0.05) is 11.8 Å². The second kappa shape index (κ2) is 5.73. The summed E-state index contributed by atoms with van der Waals surface area (Å²) in [5.74, 6) is 0.935. The molecule has 0 amide bonds. The summed E-state index contributed by atoms with van der Waals surface area (Å²) in [6.07, 6.45) is 6.43. The summed E-state index contributed by atoms with van der Waals surface area (Å²) < 4.78 is 26.6. The van der Waals surface area contributed by atoms with Crippen LogP contribution in [0.5, 0.6) is 0 Å². The number of rotatable bonds is 5. The van der Waals surface area contributed by atoms with Gasteiger partial charge in [0.05, 0.1) is 5.75 Å². The van der Waals surface area contributed by atoms with E-state index in [0.29, 0.717) is 11.7 Å². The van der Waals surface area contributed by atoms with E-state index in [9.17, 15) is 8.42 Å². The minimum absolute atomic E-state index is 0.224. The summed E-state index contributed by atoms with van der Waals surface area (Å²) in [4.78, 5) is 0. The van der Waals surface area contributed by atoms with Crippen LogP contribution in [-0.2, 0) is 16.4 Å². The number of sulfonamides is 1. The van der Waals surface area contributed by atoms with Gasteiger partial charge in [-0.05, 0) is 25.2 Å². The maximum absolute atomic E-state index is 12.0. The number of anilines is 1. The Morgan fingerprint density at radius 3 is 2.72 bits per heavy atom. The summed E-state index contributed by atoms with van der Waals surface area (Å²) in [6.45, 7) is 1.99. The van der Waals surface area contributed by atoms with Crippen molar-refractivity contribution in [2.75, 3.05) is 10.5 Å². The van der Waals surface area contributed by atoms with Crippen molar-refractivity contribution in [2.24, 2.45) is 5.92 Å². The highest BCUT2D eigenvalue weighted by Crippen LogP contribution is 2.25. The van der Waals surface area contributed by atoms with Crippen LogP contribution in [0, 0.1) is 5.92 Å². The minimum atomic E-state index is -3.26. The predicted molar refractivity (Wildman–Crippen MR) is 72.0 cm³/mol. The second-order valence-corrected chi connectivity index (χ2v) is 6.79. The van der Waals surface area contributed by atoms with Crippen LogP contribution in [0.15, 0.2) is 6.07 Å². The number of aromatic nitrogens is 2. The molecule has 0 atom stereocenters. The zero-order valence-electron chi connectivity index (χ0n) is 10.8. The van der Waals surface area contributed by atoms with E-state index in [1.165, 1.54) is 6.42 Å². The van der Waals surface area contributed by atoms with Crippen LogP contribution in [0.25, 0.3) is 0 Å². The lowest BCUT2D eigenvalue weighted by Gasteiger charge is -2.21. The number of aromatic amines is 1. The fourth-order valence-corrected chi connectivity index (χ4v) is 3.92. The van der Waals surface area contributed by atoms with Crippen molar-refractivity contribution in [3.63, 3.8) is 0 Å². The van der Waals surface area contributed by atoms with Gasteiger partial charge in [0.1, 0.15) is 0 Å². The first-order chi connectivity index (χ1) is 8.59. The Balaban J connectivity index is 1.93. The zero-order valence-corrected chi connectivity index (χ0v) is 11.6. The van der Waals surface area contributed by atoms with Crippen LogP contribution >= 0.6 is 0 Å². The van der Waals surface area contributed by atoms with E-state index in [0.717, 1.165) is 37.8 Å². The van der Waals surface area contributed by atoms with Crippen LogP contribution in [0.3, 0.4) is 0 Å². The fourth-order valence-electron chi connectivity index (χ4n) is 2.46. The number of nitrogens with one attached hydrogen (secondary N) is 2. The molecule has 1 aromatic heterocycles. The van der Waals surface area contributed by atoms with Crippen LogP contribution in [0.4, 0.5) is 5.82 Å². The summed E-state index contributed by atoms with van der Waals surface area (Å²) in [7, 11) is -3.26. The van der Waals surface area contributed by atoms with Gasteiger partial charge in [-0.3, -0.25) is 9.82 Å². The van der Waals surface area contributed by atoms with E-state index < -0.39 is 10.0 Å². The van der Waals surface area contributed by atoms with Gasteiger partial charge in [0.2, 0.25) is 10.0 Å². The van der Waals surface area contributed by atoms with Crippen molar-refractivity contribution in [3.05, 3.63) is 11.8 Å². The molecule has 0 aliphatic heterocycles. The number of nitrogens with zero attached hydrogens (tertiary/aromatic N) is 1. The topological polar surface area (TPSA) is 74.8 Å². The Hall–Kier alpha value is -1.04. The molecule has 0 bridgehead atoms. The van der Waals surface area contributed by atoms with Crippen LogP contribution in [0.2, 0.25) is 0 Å². The molecule has 0 spiro atoms. The maximum Gasteiger partial charge on any atom is 0.234 e. The van der Waals surface area contributed by atoms with E-state index >= 15 is 0 Å². The van der Waals surface area contributed by atoms with E-state index in [4.69, 9.17) is 0 Å². The highest BCUT2D eigenvalue weighted by atomic mass is 32.2. The predicted octanol–water partition coefficient (Wildman–Crippen LogP) is 2.29. The largest absolute Gasteiger partial charge is 0.280 e. The number of H-pyrrole nitrogens is 1. The van der Waals surface area contributed by atoms with Gasteiger partial charge in [0.25, 0.3) is 0 Å². The Morgan fingerprint density at radius 2 is 2.11 bits per heavy atom. The van der Waals surface area contributed by atoms with E-state index in [2.05, 4.69) is 14.9 Å². The van der Waals surface area contributed by atoms with Crippen molar-refractivity contribution >= 4 is 15.8 Å². The van der Waals surface area contributed by atoms with Crippen LogP contribution < -0.4 is 4.72 Å². The molecule has 0 unspecified atom stereocenters. The first-order valence-corrected chi connectivity index (χ1v) is 8.29. The van der Waals surface area contributed by atoms with Gasteiger partial charge in [-0.25, -0.2) is 8.42 Å². The van der Waals surface area contributed by atoms with Crippen molar-refractivity contribution in [1.29, 1.82) is 0 Å². The van der Waals surface area contributed by atoms with Gasteiger partial charge in [-0.1, -0.05) is 26.2 Å². The first kappa shape index (κ1) is 13.4. The smallest absolute Gasteiger partial charge is 0.234 e. The monoisotopic (exact) mass is 271 g/mol. The first-order valence-electron chi connectivity index (χ1n) is 6.64. The van der Waals surface area contributed by atoms with E-state index in [-0.39, 0.29) is 5.75 Å². The van der Waals surface area contributed by atoms with Crippen molar-refractivity contribution in [3.8, 4) is 0 Å². The highest BCUT2D eigenvalue weighted by Gasteiger charge is 2.21. The Labute approximate surface area is 108 Å². The quantitative estimate of drug-likeness (QED) is 0.862. The molecule has 0 aromatic carbocycles. The lowest BCUT2D eigenvalue weighted by molar-refractivity contribution is 0.385. The number of aryl methyl sites for hydroxylation is 1.